The van der Waals surface area contributed by atoms with Crippen LogP contribution >= 0.6 is 0 Å². The lowest BCUT2D eigenvalue weighted by atomic mass is 9.81. The Bertz CT molecular complexity index is 509. The van der Waals surface area contributed by atoms with E-state index in [4.69, 9.17) is 9.31 Å². The topological polar surface area (TPSA) is 63.4 Å². The maximum absolute atomic E-state index is 11.5. The molecular formula is C13H21BN2O3. The fourth-order valence-electron chi connectivity index (χ4n) is 2.04. The van der Waals surface area contributed by atoms with Gasteiger partial charge in [0.1, 0.15) is 0 Å². The highest BCUT2D eigenvalue weighted by atomic mass is 16.7. The standard InChI is InChI=1S/C13H21BN2O3/c1-12(2)13(3,4)19-14(18-12)11-9(8-15-5)6-7-10(17)16-11/h6-7,15H,8H2,1-5H3,(H,16,17). The average Bonchev–Trinajstić information content (AvgIpc) is 2.51. The highest BCUT2D eigenvalue weighted by molar-refractivity contribution is 6.61. The van der Waals surface area contributed by atoms with Gasteiger partial charge in [-0.3, -0.25) is 4.79 Å². The van der Waals surface area contributed by atoms with Crippen molar-refractivity contribution in [1.29, 1.82) is 0 Å². The molecule has 0 aromatic carbocycles. The molecule has 19 heavy (non-hydrogen) atoms. The Hall–Kier alpha value is -1.11. The molecular weight excluding hydrogens is 243 g/mol. The summed E-state index contributed by atoms with van der Waals surface area (Å²) in [6, 6.07) is 3.32. The summed E-state index contributed by atoms with van der Waals surface area (Å²) in [4.78, 5) is 14.4. The van der Waals surface area contributed by atoms with Gasteiger partial charge < -0.3 is 19.6 Å². The second-order valence-electron chi connectivity index (χ2n) is 5.88. The summed E-state index contributed by atoms with van der Waals surface area (Å²) < 4.78 is 11.9. The largest absolute Gasteiger partial charge is 0.512 e. The van der Waals surface area contributed by atoms with Crippen molar-refractivity contribution in [1.82, 2.24) is 10.3 Å². The maximum atomic E-state index is 11.5. The first-order chi connectivity index (χ1) is 8.77. The van der Waals surface area contributed by atoms with Gasteiger partial charge in [-0.25, -0.2) is 0 Å². The minimum absolute atomic E-state index is 0.149. The predicted molar refractivity (Wildman–Crippen MR) is 75.5 cm³/mol. The second-order valence-corrected chi connectivity index (χ2v) is 5.88. The molecule has 1 aliphatic heterocycles. The van der Waals surface area contributed by atoms with Gasteiger partial charge in [0, 0.05) is 12.6 Å². The minimum atomic E-state index is -0.540. The van der Waals surface area contributed by atoms with Gasteiger partial charge in [0.15, 0.2) is 0 Å². The number of hydrogen-bond acceptors (Lipinski definition) is 4. The van der Waals surface area contributed by atoms with E-state index in [1.165, 1.54) is 6.07 Å². The molecule has 1 aromatic rings. The van der Waals surface area contributed by atoms with Crippen molar-refractivity contribution < 1.29 is 9.31 Å². The molecule has 6 heteroatoms. The number of aromatic nitrogens is 1. The second kappa shape index (κ2) is 4.78. The molecule has 104 valence electrons. The van der Waals surface area contributed by atoms with Gasteiger partial charge in [0.25, 0.3) is 0 Å². The van der Waals surface area contributed by atoms with E-state index >= 15 is 0 Å². The van der Waals surface area contributed by atoms with Crippen LogP contribution in [0.1, 0.15) is 33.3 Å². The van der Waals surface area contributed by atoms with Crippen LogP contribution < -0.4 is 16.5 Å². The molecule has 0 spiro atoms. The monoisotopic (exact) mass is 264 g/mol. The number of hydrogen-bond donors (Lipinski definition) is 2. The quantitative estimate of drug-likeness (QED) is 0.775. The van der Waals surface area contributed by atoms with Crippen molar-refractivity contribution in [3.05, 3.63) is 28.0 Å². The molecule has 0 aliphatic carbocycles. The third kappa shape index (κ3) is 2.61. The van der Waals surface area contributed by atoms with Crippen LogP contribution in [0.15, 0.2) is 16.9 Å². The first-order valence-electron chi connectivity index (χ1n) is 6.49. The normalized spacial score (nSPS) is 20.8. The van der Waals surface area contributed by atoms with Crippen LogP contribution in [0.3, 0.4) is 0 Å². The van der Waals surface area contributed by atoms with E-state index in [1.54, 1.807) is 6.07 Å². The lowest BCUT2D eigenvalue weighted by Gasteiger charge is -2.32. The molecule has 2 rings (SSSR count). The number of aromatic amines is 1. The van der Waals surface area contributed by atoms with Crippen LogP contribution in [-0.2, 0) is 15.9 Å². The molecule has 5 nitrogen and oxygen atoms in total. The molecule has 1 saturated heterocycles. The molecule has 0 radical (unpaired) electrons. The van der Waals surface area contributed by atoms with Crippen molar-refractivity contribution in [3.63, 3.8) is 0 Å². The molecule has 2 N–H and O–H groups in total. The van der Waals surface area contributed by atoms with E-state index in [0.717, 1.165) is 5.56 Å². The molecule has 0 amide bonds. The van der Waals surface area contributed by atoms with E-state index < -0.39 is 18.3 Å². The number of H-pyrrole nitrogens is 1. The summed E-state index contributed by atoms with van der Waals surface area (Å²) in [6.45, 7) is 8.62. The highest BCUT2D eigenvalue weighted by Crippen LogP contribution is 2.36. The lowest BCUT2D eigenvalue weighted by molar-refractivity contribution is 0.00578. The summed E-state index contributed by atoms with van der Waals surface area (Å²) in [5, 5.41) is 3.08. The average molecular weight is 264 g/mol. The van der Waals surface area contributed by atoms with E-state index in [1.807, 2.05) is 34.7 Å². The molecule has 2 heterocycles. The van der Waals surface area contributed by atoms with Gasteiger partial charge in [-0.1, -0.05) is 6.07 Å². The summed E-state index contributed by atoms with van der Waals surface area (Å²) >= 11 is 0. The van der Waals surface area contributed by atoms with Gasteiger partial charge in [-0.15, -0.1) is 0 Å². The van der Waals surface area contributed by atoms with Crippen molar-refractivity contribution in [2.75, 3.05) is 7.05 Å². The Morgan fingerprint density at radius 1 is 1.21 bits per heavy atom. The zero-order valence-corrected chi connectivity index (χ0v) is 12.2. The van der Waals surface area contributed by atoms with Crippen molar-refractivity contribution in [2.24, 2.45) is 0 Å². The SMILES string of the molecule is CNCc1ccc(=O)[nH]c1B1OC(C)(C)C(C)(C)O1. The third-order valence-corrected chi connectivity index (χ3v) is 3.90. The van der Waals surface area contributed by atoms with E-state index in [9.17, 15) is 4.79 Å². The molecule has 0 saturated carbocycles. The summed E-state index contributed by atoms with van der Waals surface area (Å²) in [6.07, 6.45) is 0. The molecule has 1 fully saturated rings. The molecule has 0 bridgehead atoms. The van der Waals surface area contributed by atoms with Gasteiger partial charge in [-0.05, 0) is 40.3 Å². The van der Waals surface area contributed by atoms with Crippen LogP contribution in [0.4, 0.5) is 0 Å². The van der Waals surface area contributed by atoms with Gasteiger partial charge in [-0.2, -0.15) is 0 Å². The Morgan fingerprint density at radius 2 is 1.79 bits per heavy atom. The maximum Gasteiger partial charge on any atom is 0.512 e. The fraction of sp³-hybridized carbons (Fsp3) is 0.615. The van der Waals surface area contributed by atoms with Crippen LogP contribution in [-0.4, -0.2) is 30.4 Å². The zero-order chi connectivity index (χ0) is 14.3. The van der Waals surface area contributed by atoms with Gasteiger partial charge in [0.05, 0.1) is 16.8 Å². The van der Waals surface area contributed by atoms with E-state index in [-0.39, 0.29) is 5.56 Å². The Balaban J connectivity index is 2.38. The highest BCUT2D eigenvalue weighted by Gasteiger charge is 2.52. The van der Waals surface area contributed by atoms with Crippen molar-refractivity contribution in [2.45, 2.75) is 45.4 Å². The first kappa shape index (κ1) is 14.3. The van der Waals surface area contributed by atoms with Crippen LogP contribution in [0, 0.1) is 0 Å². The third-order valence-electron chi connectivity index (χ3n) is 3.90. The summed E-state index contributed by atoms with van der Waals surface area (Å²) in [7, 11) is 1.32. The van der Waals surface area contributed by atoms with E-state index in [2.05, 4.69) is 10.3 Å². The van der Waals surface area contributed by atoms with Crippen LogP contribution in [0.5, 0.6) is 0 Å². The van der Waals surface area contributed by atoms with Gasteiger partial charge in [0.2, 0.25) is 5.56 Å². The summed E-state index contributed by atoms with van der Waals surface area (Å²) in [5.41, 5.74) is 0.688. The predicted octanol–water partition coefficient (Wildman–Crippen LogP) is 0.394. The lowest BCUT2D eigenvalue weighted by Crippen LogP contribution is -2.42. The first-order valence-corrected chi connectivity index (χ1v) is 6.49. The van der Waals surface area contributed by atoms with Crippen molar-refractivity contribution >= 4 is 12.7 Å². The summed E-state index contributed by atoms with van der Waals surface area (Å²) in [5.74, 6) is 0. The smallest absolute Gasteiger partial charge is 0.398 e. The zero-order valence-electron chi connectivity index (χ0n) is 12.2. The minimum Gasteiger partial charge on any atom is -0.398 e. The van der Waals surface area contributed by atoms with Crippen LogP contribution in [0.25, 0.3) is 0 Å². The molecule has 1 aromatic heterocycles. The Kier molecular flexibility index (Phi) is 3.60. The number of rotatable bonds is 3. The Labute approximate surface area is 113 Å². The van der Waals surface area contributed by atoms with E-state index in [0.29, 0.717) is 12.1 Å². The molecule has 0 unspecified atom stereocenters. The number of pyridine rings is 1. The van der Waals surface area contributed by atoms with Crippen molar-refractivity contribution in [3.8, 4) is 0 Å². The Morgan fingerprint density at radius 3 is 2.32 bits per heavy atom. The van der Waals surface area contributed by atoms with Crippen LogP contribution in [0.2, 0.25) is 0 Å². The number of nitrogens with one attached hydrogen (secondary N) is 2. The molecule has 1 aliphatic rings. The molecule has 0 atom stereocenters. The van der Waals surface area contributed by atoms with Gasteiger partial charge >= 0.3 is 7.12 Å². The fourth-order valence-corrected chi connectivity index (χ4v) is 2.04.